The van der Waals surface area contributed by atoms with Crippen molar-refractivity contribution in [3.8, 4) is 0 Å². The second-order valence-electron chi connectivity index (χ2n) is 14.7. The molecule has 4 rings (SSSR count). The fourth-order valence-electron chi connectivity index (χ4n) is 6.54. The smallest absolute Gasteiger partial charge is 0.309 e. The number of esters is 1. The molecule has 0 N–H and O–H groups in total. The second kappa shape index (κ2) is 8.74. The van der Waals surface area contributed by atoms with Crippen LogP contribution in [0.5, 0.6) is 0 Å². The van der Waals surface area contributed by atoms with Crippen molar-refractivity contribution in [2.24, 2.45) is 35.0 Å². The van der Waals surface area contributed by atoms with E-state index in [9.17, 15) is 4.79 Å². The van der Waals surface area contributed by atoms with Gasteiger partial charge in [0.05, 0.1) is 19.1 Å². The summed E-state index contributed by atoms with van der Waals surface area (Å²) in [6.45, 7) is 26.5. The van der Waals surface area contributed by atoms with Crippen LogP contribution < -0.4 is 0 Å². The van der Waals surface area contributed by atoms with Gasteiger partial charge in [-0.15, -0.1) is 0 Å². The highest BCUT2D eigenvalue weighted by atomic mass is 28.4. The van der Waals surface area contributed by atoms with E-state index >= 15 is 0 Å². The highest BCUT2D eigenvalue weighted by Crippen LogP contribution is 2.65. The molecule has 4 saturated carbocycles. The average molecular weight is 497 g/mol. The number of carbonyl (C=O) groups excluding carboxylic acids is 1. The van der Waals surface area contributed by atoms with E-state index in [0.717, 1.165) is 12.8 Å². The van der Waals surface area contributed by atoms with Crippen molar-refractivity contribution in [1.82, 2.24) is 0 Å². The van der Waals surface area contributed by atoms with Crippen molar-refractivity contribution in [1.29, 1.82) is 0 Å². The van der Waals surface area contributed by atoms with Gasteiger partial charge in [-0.25, -0.2) is 0 Å². The van der Waals surface area contributed by atoms with Crippen LogP contribution in [-0.2, 0) is 18.4 Å². The van der Waals surface area contributed by atoms with Crippen LogP contribution in [0.25, 0.3) is 0 Å². The normalized spacial score (nSPS) is 37.2. The Labute approximate surface area is 206 Å². The molecule has 0 aliphatic heterocycles. The lowest BCUT2D eigenvalue weighted by Crippen LogP contribution is -2.69. The largest absolute Gasteiger partial charge is 0.469 e. The van der Waals surface area contributed by atoms with Crippen molar-refractivity contribution < 1.29 is 18.4 Å². The van der Waals surface area contributed by atoms with Gasteiger partial charge in [-0.1, -0.05) is 61.3 Å². The first kappa shape index (κ1) is 27.4. The van der Waals surface area contributed by atoms with Crippen molar-refractivity contribution in [2.45, 2.75) is 117 Å². The Balaban J connectivity index is 2.05. The van der Waals surface area contributed by atoms with Gasteiger partial charge in [0.2, 0.25) is 0 Å². The Bertz CT molecular complexity index is 735. The monoisotopic (exact) mass is 496 g/mol. The third-order valence-corrected chi connectivity index (χ3v) is 19.6. The van der Waals surface area contributed by atoms with Gasteiger partial charge < -0.3 is 13.6 Å². The van der Waals surface area contributed by atoms with Gasteiger partial charge in [0.25, 0.3) is 0 Å². The van der Waals surface area contributed by atoms with Crippen molar-refractivity contribution in [3.05, 3.63) is 0 Å². The molecule has 0 spiro atoms. The first-order chi connectivity index (χ1) is 14.9. The minimum Gasteiger partial charge on any atom is -0.469 e. The Morgan fingerprint density at radius 2 is 1.55 bits per heavy atom. The summed E-state index contributed by atoms with van der Waals surface area (Å²) in [6.07, 6.45) is 4.93. The molecule has 7 atom stereocenters. The molecule has 0 radical (unpaired) electrons. The molecule has 4 fully saturated rings. The minimum atomic E-state index is -2.00. The maximum Gasteiger partial charge on any atom is 0.309 e. The van der Waals surface area contributed by atoms with Gasteiger partial charge in [0, 0.05) is 12.0 Å². The van der Waals surface area contributed by atoms with E-state index in [1.807, 2.05) is 0 Å². The van der Waals surface area contributed by atoms with E-state index in [-0.39, 0.29) is 39.4 Å². The maximum atomic E-state index is 13.2. The molecule has 0 amide bonds. The Hall–Kier alpha value is -0.176. The van der Waals surface area contributed by atoms with Crippen LogP contribution in [0.4, 0.5) is 0 Å². The maximum absolute atomic E-state index is 13.2. The predicted octanol–water partition coefficient (Wildman–Crippen LogP) is 7.26. The summed E-state index contributed by atoms with van der Waals surface area (Å²) in [4.78, 5) is 13.2. The van der Waals surface area contributed by atoms with E-state index in [4.69, 9.17) is 13.6 Å². The number of carbonyl (C=O) groups is 1. The van der Waals surface area contributed by atoms with Crippen LogP contribution in [0, 0.1) is 35.0 Å². The van der Waals surface area contributed by atoms with Crippen molar-refractivity contribution >= 4 is 22.6 Å². The van der Waals surface area contributed by atoms with Crippen LogP contribution in [0.3, 0.4) is 0 Å². The molecule has 0 unspecified atom stereocenters. The molecule has 4 bridgehead atoms. The molecule has 0 heterocycles. The van der Waals surface area contributed by atoms with Crippen LogP contribution >= 0.6 is 0 Å². The minimum absolute atomic E-state index is 0.000298. The second-order valence-corrected chi connectivity index (χ2v) is 24.2. The molecule has 0 saturated heterocycles. The summed E-state index contributed by atoms with van der Waals surface area (Å²) < 4.78 is 19.7. The molecule has 4 aliphatic carbocycles. The molecule has 0 aromatic rings. The average Bonchev–Trinajstić information content (AvgIpc) is 2.66. The van der Waals surface area contributed by atoms with Gasteiger partial charge in [-0.3, -0.25) is 4.79 Å². The lowest BCUT2D eigenvalue weighted by Gasteiger charge is -2.66. The van der Waals surface area contributed by atoms with E-state index < -0.39 is 16.6 Å². The predicted molar refractivity (Wildman–Crippen MR) is 141 cm³/mol. The summed E-state index contributed by atoms with van der Waals surface area (Å²) in [5.74, 6) is 1.76. The fraction of sp³-hybridized carbons (Fsp3) is 0.963. The van der Waals surface area contributed by atoms with Crippen LogP contribution in [0.1, 0.15) is 74.1 Å². The Morgan fingerprint density at radius 3 is 2.06 bits per heavy atom. The van der Waals surface area contributed by atoms with Crippen LogP contribution in [0.2, 0.25) is 36.3 Å². The zero-order valence-corrected chi connectivity index (χ0v) is 25.6. The molecule has 4 aliphatic rings. The lowest BCUT2D eigenvalue weighted by atomic mass is 9.42. The Kier molecular flexibility index (Phi) is 7.26. The summed E-state index contributed by atoms with van der Waals surface area (Å²) in [7, 11) is -2.36. The quantitative estimate of drug-likeness (QED) is 0.287. The molecule has 4 nitrogen and oxygen atoms in total. The summed E-state index contributed by atoms with van der Waals surface area (Å²) in [6, 6.07) is 0. The van der Waals surface area contributed by atoms with E-state index in [0.29, 0.717) is 24.4 Å². The highest BCUT2D eigenvalue weighted by molar-refractivity contribution is 6.74. The van der Waals surface area contributed by atoms with Crippen molar-refractivity contribution in [3.63, 3.8) is 0 Å². The van der Waals surface area contributed by atoms with E-state index in [1.54, 1.807) is 7.11 Å². The number of rotatable bonds is 6. The van der Waals surface area contributed by atoms with E-state index in [2.05, 4.69) is 74.7 Å². The first-order valence-electron chi connectivity index (χ1n) is 13.3. The van der Waals surface area contributed by atoms with Crippen molar-refractivity contribution in [2.75, 3.05) is 13.7 Å². The molecular weight excluding hydrogens is 444 g/mol. The molecule has 0 aromatic carbocycles. The summed E-state index contributed by atoms with van der Waals surface area (Å²) >= 11 is 0. The van der Waals surface area contributed by atoms with Gasteiger partial charge in [-0.2, -0.15) is 0 Å². The third-order valence-electron chi connectivity index (χ3n) is 10.7. The first-order valence-corrected chi connectivity index (χ1v) is 19.1. The lowest BCUT2D eigenvalue weighted by molar-refractivity contribution is -0.223. The zero-order chi connectivity index (χ0) is 25.2. The number of hydrogen-bond donors (Lipinski definition) is 0. The summed E-state index contributed by atoms with van der Waals surface area (Å²) in [5.41, 5.74) is -0.168. The molecular formula is C27H52O4Si2. The van der Waals surface area contributed by atoms with Gasteiger partial charge in [0.1, 0.15) is 0 Å². The molecule has 0 aromatic heterocycles. The standard InChI is InChI=1S/C27H52O4Si2/c1-25(2,3)32(9,10)30-17-27(7)20-16-18-14-13-15-19(22(20)24(28)29-8)21(18)23(27)31-33(11,12)26(4,5)6/h18-23H,13-17H2,1-12H3/t18-,19-,20-,21+,22+,23-,27-/m0/s1. The fourth-order valence-corrected chi connectivity index (χ4v) is 9.06. The zero-order valence-electron chi connectivity index (χ0n) is 23.6. The topological polar surface area (TPSA) is 44.8 Å². The van der Waals surface area contributed by atoms with Gasteiger partial charge in [-0.05, 0) is 72.8 Å². The van der Waals surface area contributed by atoms with Crippen LogP contribution in [-0.4, -0.2) is 42.4 Å². The number of fused-ring (bicyclic) bond motifs is 1. The molecule has 33 heavy (non-hydrogen) atoms. The number of ether oxygens (including phenoxy) is 1. The number of hydrogen-bond acceptors (Lipinski definition) is 4. The summed E-state index contributed by atoms with van der Waals surface area (Å²) in [5, 5.41) is 0.312. The molecule has 192 valence electrons. The molecule has 6 heteroatoms. The highest BCUT2D eigenvalue weighted by Gasteiger charge is 2.67. The number of methoxy groups -OCH3 is 1. The Morgan fingerprint density at radius 1 is 0.970 bits per heavy atom. The third kappa shape index (κ3) is 4.67. The van der Waals surface area contributed by atoms with Gasteiger partial charge >= 0.3 is 5.97 Å². The SMILES string of the molecule is COC(=O)[C@@H]1[C@H]2CCC[C@H]3C[C@@H]1[C@](C)(CO[Si](C)(C)C(C)(C)C)[C@@H](O[Si](C)(C)C(C)(C)C)[C@H]32. The van der Waals surface area contributed by atoms with Gasteiger partial charge in [0.15, 0.2) is 16.6 Å². The van der Waals surface area contributed by atoms with Crippen LogP contribution in [0.15, 0.2) is 0 Å². The van der Waals surface area contributed by atoms with E-state index in [1.165, 1.54) is 12.8 Å².